The Morgan fingerprint density at radius 2 is 1.50 bits per heavy atom. The SMILES string of the molecule is c1cc2nc3ccsc3cc2s1. The first-order valence-corrected chi connectivity index (χ1v) is 5.41. The van der Waals surface area contributed by atoms with Gasteiger partial charge in [0, 0.05) is 0 Å². The van der Waals surface area contributed by atoms with E-state index in [2.05, 4.69) is 33.9 Å². The number of aromatic nitrogens is 1. The number of nitrogens with zero attached hydrogens (tertiary/aromatic N) is 1. The minimum absolute atomic E-state index is 1.12. The van der Waals surface area contributed by atoms with Gasteiger partial charge in [0.2, 0.25) is 0 Å². The van der Waals surface area contributed by atoms with Gasteiger partial charge in [-0.15, -0.1) is 22.7 Å². The Morgan fingerprint density at radius 3 is 2.08 bits per heavy atom. The second-order valence-electron chi connectivity index (χ2n) is 2.60. The zero-order chi connectivity index (χ0) is 7.97. The molecule has 0 bridgehead atoms. The first-order chi connectivity index (χ1) is 5.93. The van der Waals surface area contributed by atoms with Gasteiger partial charge < -0.3 is 0 Å². The molecule has 3 heteroatoms. The summed E-state index contributed by atoms with van der Waals surface area (Å²) in [6, 6.07) is 6.35. The van der Waals surface area contributed by atoms with Crippen LogP contribution in [0, 0.1) is 0 Å². The van der Waals surface area contributed by atoms with Crippen molar-refractivity contribution in [2.45, 2.75) is 0 Å². The van der Waals surface area contributed by atoms with E-state index in [9.17, 15) is 0 Å². The van der Waals surface area contributed by atoms with Gasteiger partial charge >= 0.3 is 0 Å². The van der Waals surface area contributed by atoms with Gasteiger partial charge in [0.1, 0.15) is 0 Å². The van der Waals surface area contributed by atoms with Crippen LogP contribution in [0.25, 0.3) is 20.4 Å². The summed E-state index contributed by atoms with van der Waals surface area (Å²) in [6.45, 7) is 0. The zero-order valence-corrected chi connectivity index (χ0v) is 7.78. The molecule has 0 aliphatic rings. The summed E-state index contributed by atoms with van der Waals surface area (Å²) in [4.78, 5) is 4.52. The van der Waals surface area contributed by atoms with E-state index < -0.39 is 0 Å². The average Bonchev–Trinajstić information content (AvgIpc) is 2.64. The Morgan fingerprint density at radius 1 is 0.917 bits per heavy atom. The Kier molecular flexibility index (Phi) is 1.25. The molecule has 0 amide bonds. The number of thiophene rings is 2. The van der Waals surface area contributed by atoms with Gasteiger partial charge in [-0.1, -0.05) is 0 Å². The van der Waals surface area contributed by atoms with Gasteiger partial charge in [0.25, 0.3) is 0 Å². The summed E-state index contributed by atoms with van der Waals surface area (Å²) >= 11 is 3.50. The maximum Gasteiger partial charge on any atom is 0.0818 e. The van der Waals surface area contributed by atoms with E-state index >= 15 is 0 Å². The lowest BCUT2D eigenvalue weighted by Gasteiger charge is -1.88. The van der Waals surface area contributed by atoms with Crippen LogP contribution in [-0.2, 0) is 0 Å². The number of pyridine rings is 1. The van der Waals surface area contributed by atoms with Crippen LogP contribution < -0.4 is 0 Å². The molecule has 0 N–H and O–H groups in total. The minimum Gasteiger partial charge on any atom is -0.246 e. The van der Waals surface area contributed by atoms with Crippen LogP contribution in [-0.4, -0.2) is 4.98 Å². The number of rotatable bonds is 0. The molecule has 0 atom stereocenters. The van der Waals surface area contributed by atoms with Crippen molar-refractivity contribution < 1.29 is 0 Å². The van der Waals surface area contributed by atoms with Crippen LogP contribution in [0.5, 0.6) is 0 Å². The van der Waals surface area contributed by atoms with Crippen molar-refractivity contribution in [3.63, 3.8) is 0 Å². The molecule has 3 aromatic rings. The smallest absolute Gasteiger partial charge is 0.0818 e. The lowest BCUT2D eigenvalue weighted by Crippen LogP contribution is -1.71. The van der Waals surface area contributed by atoms with Crippen LogP contribution in [0.3, 0.4) is 0 Å². The molecule has 0 fully saturated rings. The number of hydrogen-bond donors (Lipinski definition) is 0. The highest BCUT2D eigenvalue weighted by molar-refractivity contribution is 7.19. The Labute approximate surface area is 77.3 Å². The Balaban J connectivity index is 2.62. The van der Waals surface area contributed by atoms with Crippen molar-refractivity contribution in [1.82, 2.24) is 4.98 Å². The monoisotopic (exact) mass is 191 g/mol. The van der Waals surface area contributed by atoms with Crippen LogP contribution in [0.15, 0.2) is 29.0 Å². The van der Waals surface area contributed by atoms with Gasteiger partial charge in [-0.2, -0.15) is 0 Å². The summed E-state index contributed by atoms with van der Waals surface area (Å²) in [7, 11) is 0. The van der Waals surface area contributed by atoms with Gasteiger partial charge in [-0.05, 0) is 29.0 Å². The molecule has 0 aliphatic carbocycles. The predicted octanol–water partition coefficient (Wildman–Crippen LogP) is 3.51. The molecule has 3 aromatic heterocycles. The molecule has 0 radical (unpaired) electrons. The third-order valence-corrected chi connectivity index (χ3v) is 3.56. The fourth-order valence-electron chi connectivity index (χ4n) is 1.28. The van der Waals surface area contributed by atoms with Crippen LogP contribution in [0.1, 0.15) is 0 Å². The van der Waals surface area contributed by atoms with E-state index in [-0.39, 0.29) is 0 Å². The van der Waals surface area contributed by atoms with Crippen LogP contribution in [0.2, 0.25) is 0 Å². The summed E-state index contributed by atoms with van der Waals surface area (Å²) in [5.41, 5.74) is 2.23. The Bertz CT molecular complexity index is 444. The van der Waals surface area contributed by atoms with Gasteiger partial charge in [0.05, 0.1) is 20.4 Å². The van der Waals surface area contributed by atoms with Gasteiger partial charge in [-0.3, -0.25) is 0 Å². The van der Waals surface area contributed by atoms with E-state index in [1.54, 1.807) is 22.7 Å². The molecule has 3 rings (SSSR count). The molecular formula is C9H5NS2. The molecule has 1 nitrogen and oxygen atoms in total. The van der Waals surface area contributed by atoms with E-state index in [0.29, 0.717) is 0 Å². The van der Waals surface area contributed by atoms with Crippen molar-refractivity contribution in [3.05, 3.63) is 29.0 Å². The van der Waals surface area contributed by atoms with Crippen molar-refractivity contribution in [1.29, 1.82) is 0 Å². The third-order valence-electron chi connectivity index (χ3n) is 1.85. The lowest BCUT2D eigenvalue weighted by atomic mass is 10.3. The van der Waals surface area contributed by atoms with Gasteiger partial charge in [0.15, 0.2) is 0 Å². The van der Waals surface area contributed by atoms with Crippen molar-refractivity contribution in [3.8, 4) is 0 Å². The average molecular weight is 191 g/mol. The molecule has 12 heavy (non-hydrogen) atoms. The highest BCUT2D eigenvalue weighted by Gasteiger charge is 2.00. The molecule has 0 saturated carbocycles. The number of hydrogen-bond acceptors (Lipinski definition) is 3. The van der Waals surface area contributed by atoms with Crippen molar-refractivity contribution >= 4 is 43.1 Å². The van der Waals surface area contributed by atoms with E-state index in [4.69, 9.17) is 0 Å². The van der Waals surface area contributed by atoms with E-state index in [0.717, 1.165) is 11.0 Å². The molecule has 0 saturated heterocycles. The summed E-state index contributed by atoms with van der Waals surface area (Å²) < 4.78 is 2.56. The third kappa shape index (κ3) is 0.806. The molecule has 0 spiro atoms. The second-order valence-corrected chi connectivity index (χ2v) is 4.49. The quantitative estimate of drug-likeness (QED) is 0.530. The molecule has 3 heterocycles. The van der Waals surface area contributed by atoms with Crippen LogP contribution >= 0.6 is 22.7 Å². The fraction of sp³-hybridized carbons (Fsp3) is 0. The lowest BCUT2D eigenvalue weighted by molar-refractivity contribution is 1.54. The maximum atomic E-state index is 4.52. The summed E-state index contributed by atoms with van der Waals surface area (Å²) in [5, 5.41) is 4.17. The topological polar surface area (TPSA) is 12.9 Å². The molecule has 0 aromatic carbocycles. The largest absolute Gasteiger partial charge is 0.246 e. The number of fused-ring (bicyclic) bond motifs is 2. The van der Waals surface area contributed by atoms with E-state index in [1.165, 1.54) is 9.40 Å². The molecule has 58 valence electrons. The zero-order valence-electron chi connectivity index (χ0n) is 6.15. The minimum atomic E-state index is 1.12. The standard InChI is InChI=1S/C9H5NS2/c1-3-11-8-5-9-7(2-4-12-9)10-6(1)8/h1-5H. The molecular weight excluding hydrogens is 186 g/mol. The fourth-order valence-corrected chi connectivity index (χ4v) is 2.88. The first-order valence-electron chi connectivity index (χ1n) is 3.65. The van der Waals surface area contributed by atoms with Crippen molar-refractivity contribution in [2.24, 2.45) is 0 Å². The molecule has 0 unspecified atom stereocenters. The Hall–Kier alpha value is -0.930. The summed E-state index contributed by atoms with van der Waals surface area (Å²) in [5.74, 6) is 0. The normalized spacial score (nSPS) is 11.3. The van der Waals surface area contributed by atoms with Crippen molar-refractivity contribution in [2.75, 3.05) is 0 Å². The summed E-state index contributed by atoms with van der Waals surface area (Å²) in [6.07, 6.45) is 0. The van der Waals surface area contributed by atoms with Crippen LogP contribution in [0.4, 0.5) is 0 Å². The highest BCUT2D eigenvalue weighted by atomic mass is 32.1. The van der Waals surface area contributed by atoms with Gasteiger partial charge in [-0.25, -0.2) is 4.98 Å². The predicted molar refractivity (Wildman–Crippen MR) is 55.0 cm³/mol. The second kappa shape index (κ2) is 2.28. The maximum absolute atomic E-state index is 4.52. The highest BCUT2D eigenvalue weighted by Crippen LogP contribution is 2.26. The molecule has 0 aliphatic heterocycles. The van der Waals surface area contributed by atoms with E-state index in [1.807, 2.05) is 0 Å². The first kappa shape index (κ1) is 6.57.